The molecule has 1 fully saturated rings. The van der Waals surface area contributed by atoms with Crippen LogP contribution in [0, 0.1) is 5.82 Å². The van der Waals surface area contributed by atoms with Crippen molar-refractivity contribution >= 4 is 18.3 Å². The van der Waals surface area contributed by atoms with E-state index in [1.807, 2.05) is 6.07 Å². The maximum Gasteiger partial charge on any atom is 0.270 e. The third-order valence-corrected chi connectivity index (χ3v) is 5.32. The van der Waals surface area contributed by atoms with E-state index in [4.69, 9.17) is 4.74 Å². The highest BCUT2D eigenvalue weighted by molar-refractivity contribution is 5.93. The van der Waals surface area contributed by atoms with Crippen molar-refractivity contribution in [2.75, 3.05) is 19.8 Å². The van der Waals surface area contributed by atoms with E-state index in [0.717, 1.165) is 35.3 Å². The average Bonchev–Trinajstić information content (AvgIpc) is 2.71. The number of rotatable bonds is 4. The second-order valence-corrected chi connectivity index (χ2v) is 7.33. The number of carbonyl (C=O) groups excluding carboxylic acids is 1. The molecule has 0 saturated carbocycles. The van der Waals surface area contributed by atoms with Crippen LogP contribution in [0.2, 0.25) is 0 Å². The minimum Gasteiger partial charge on any atom is -0.391 e. The zero-order valence-electron chi connectivity index (χ0n) is 16.0. The lowest BCUT2D eigenvalue weighted by Gasteiger charge is -2.28. The Morgan fingerprint density at radius 1 is 1.34 bits per heavy atom. The Morgan fingerprint density at radius 3 is 2.90 bits per heavy atom. The number of benzene rings is 1. The molecule has 1 aromatic carbocycles. The summed E-state index contributed by atoms with van der Waals surface area (Å²) in [4.78, 5) is 17.3. The van der Waals surface area contributed by atoms with Gasteiger partial charge in [-0.05, 0) is 60.7 Å². The summed E-state index contributed by atoms with van der Waals surface area (Å²) in [5, 5.41) is 16.2. The molecular formula is C21H25ClFN3O3. The van der Waals surface area contributed by atoms with E-state index >= 15 is 0 Å². The standard InChI is InChI=1S/C21H24FN3O3.ClH/c22-15-3-1-13(2-4-15)9-14-10-17(24-18-11-23-7-5-16(14)18)21(27)25-19-12-28-8-6-20(19)26;/h1-4,10,19-20,23,26H,5-9,11-12H2,(H,25,27);1H/t19-,20+;/m1./s1. The molecule has 2 atom stereocenters. The summed E-state index contributed by atoms with van der Waals surface area (Å²) >= 11 is 0. The van der Waals surface area contributed by atoms with E-state index in [-0.39, 0.29) is 24.1 Å². The van der Waals surface area contributed by atoms with Gasteiger partial charge >= 0.3 is 0 Å². The van der Waals surface area contributed by atoms with E-state index in [0.29, 0.717) is 38.3 Å². The lowest BCUT2D eigenvalue weighted by atomic mass is 9.94. The van der Waals surface area contributed by atoms with Gasteiger partial charge in [0.1, 0.15) is 11.5 Å². The van der Waals surface area contributed by atoms with Gasteiger partial charge in [-0.3, -0.25) is 4.79 Å². The number of hydrogen-bond acceptors (Lipinski definition) is 5. The van der Waals surface area contributed by atoms with Crippen LogP contribution in [-0.2, 0) is 24.1 Å². The first-order chi connectivity index (χ1) is 13.6. The molecule has 6 nitrogen and oxygen atoms in total. The second-order valence-electron chi connectivity index (χ2n) is 7.33. The Hall–Kier alpha value is -2.06. The first-order valence-corrected chi connectivity index (χ1v) is 9.63. The topological polar surface area (TPSA) is 83.5 Å². The SMILES string of the molecule is Cl.O=C(N[C@@H]1COCC[C@@H]1O)c1cc(Cc2ccc(F)cc2)c2c(n1)CNCC2. The van der Waals surface area contributed by atoms with Crippen LogP contribution in [-0.4, -0.2) is 47.9 Å². The Kier molecular flexibility index (Phi) is 7.18. The molecule has 29 heavy (non-hydrogen) atoms. The summed E-state index contributed by atoms with van der Waals surface area (Å²) in [6, 6.07) is 7.80. The summed E-state index contributed by atoms with van der Waals surface area (Å²) in [6.07, 6.45) is 1.34. The highest BCUT2D eigenvalue weighted by Crippen LogP contribution is 2.22. The molecule has 3 heterocycles. The molecule has 156 valence electrons. The third kappa shape index (κ3) is 5.11. The lowest BCUT2D eigenvalue weighted by molar-refractivity contribution is -0.0140. The Bertz CT molecular complexity index is 863. The van der Waals surface area contributed by atoms with Crippen LogP contribution >= 0.6 is 12.4 Å². The maximum absolute atomic E-state index is 13.2. The number of amides is 1. The van der Waals surface area contributed by atoms with Crippen LogP contribution in [0.3, 0.4) is 0 Å². The number of halogens is 2. The van der Waals surface area contributed by atoms with Gasteiger partial charge in [-0.1, -0.05) is 12.1 Å². The van der Waals surface area contributed by atoms with Gasteiger partial charge in [-0.15, -0.1) is 12.4 Å². The van der Waals surface area contributed by atoms with Crippen molar-refractivity contribution in [2.45, 2.75) is 38.0 Å². The van der Waals surface area contributed by atoms with Crippen molar-refractivity contribution in [3.63, 3.8) is 0 Å². The fraction of sp³-hybridized carbons (Fsp3) is 0.429. The monoisotopic (exact) mass is 421 g/mol. The average molecular weight is 422 g/mol. The highest BCUT2D eigenvalue weighted by atomic mass is 35.5. The molecule has 0 aliphatic carbocycles. The molecular weight excluding hydrogens is 397 g/mol. The number of aromatic nitrogens is 1. The molecule has 4 rings (SSSR count). The van der Waals surface area contributed by atoms with Gasteiger partial charge in [0.15, 0.2) is 0 Å². The number of nitrogens with one attached hydrogen (secondary N) is 2. The molecule has 0 radical (unpaired) electrons. The Morgan fingerprint density at radius 2 is 2.14 bits per heavy atom. The minimum absolute atomic E-state index is 0. The number of nitrogens with zero attached hydrogens (tertiary/aromatic N) is 1. The zero-order chi connectivity index (χ0) is 19.5. The van der Waals surface area contributed by atoms with E-state index < -0.39 is 12.1 Å². The smallest absolute Gasteiger partial charge is 0.270 e. The van der Waals surface area contributed by atoms with E-state index in [1.54, 1.807) is 12.1 Å². The van der Waals surface area contributed by atoms with Crippen LogP contribution in [0.1, 0.15) is 39.3 Å². The summed E-state index contributed by atoms with van der Waals surface area (Å²) in [6.45, 7) is 2.27. The Labute approximate surface area is 175 Å². The van der Waals surface area contributed by atoms with Gasteiger partial charge in [0.05, 0.1) is 24.4 Å². The van der Waals surface area contributed by atoms with Crippen molar-refractivity contribution < 1.29 is 19.0 Å². The van der Waals surface area contributed by atoms with E-state index in [1.165, 1.54) is 12.1 Å². The molecule has 2 aliphatic heterocycles. The fourth-order valence-electron chi connectivity index (χ4n) is 3.76. The number of hydrogen-bond donors (Lipinski definition) is 3. The molecule has 0 bridgehead atoms. The van der Waals surface area contributed by atoms with Gasteiger partial charge in [-0.2, -0.15) is 0 Å². The summed E-state index contributed by atoms with van der Waals surface area (Å²) in [7, 11) is 0. The predicted octanol–water partition coefficient (Wildman–Crippen LogP) is 1.76. The molecule has 3 N–H and O–H groups in total. The molecule has 0 unspecified atom stereocenters. The summed E-state index contributed by atoms with van der Waals surface area (Å²) in [5.74, 6) is -0.582. The summed E-state index contributed by atoms with van der Waals surface area (Å²) < 4.78 is 18.6. The quantitative estimate of drug-likeness (QED) is 0.700. The van der Waals surface area contributed by atoms with Crippen LogP contribution in [0.25, 0.3) is 0 Å². The van der Waals surface area contributed by atoms with Crippen molar-refractivity contribution in [3.8, 4) is 0 Å². The first-order valence-electron chi connectivity index (χ1n) is 9.63. The molecule has 1 amide bonds. The van der Waals surface area contributed by atoms with Crippen LogP contribution in [0.15, 0.2) is 30.3 Å². The van der Waals surface area contributed by atoms with E-state index in [2.05, 4.69) is 15.6 Å². The zero-order valence-corrected chi connectivity index (χ0v) is 16.8. The normalized spacial score (nSPS) is 21.0. The number of aliphatic hydroxyl groups excluding tert-OH is 1. The Balaban J connectivity index is 0.00000240. The number of carbonyl (C=O) groups is 1. The largest absolute Gasteiger partial charge is 0.391 e. The van der Waals surface area contributed by atoms with Crippen LogP contribution in [0.5, 0.6) is 0 Å². The van der Waals surface area contributed by atoms with Crippen molar-refractivity contribution in [3.05, 3.63) is 64.2 Å². The summed E-state index contributed by atoms with van der Waals surface area (Å²) in [5.41, 5.74) is 4.37. The highest BCUT2D eigenvalue weighted by Gasteiger charge is 2.27. The molecule has 8 heteroatoms. The van der Waals surface area contributed by atoms with Gasteiger partial charge in [0.2, 0.25) is 0 Å². The molecule has 1 saturated heterocycles. The van der Waals surface area contributed by atoms with Crippen LogP contribution < -0.4 is 10.6 Å². The molecule has 1 aromatic heterocycles. The third-order valence-electron chi connectivity index (χ3n) is 5.32. The number of fused-ring (bicyclic) bond motifs is 1. The number of ether oxygens (including phenoxy) is 1. The van der Waals surface area contributed by atoms with Gasteiger partial charge in [-0.25, -0.2) is 9.37 Å². The van der Waals surface area contributed by atoms with Gasteiger partial charge in [0.25, 0.3) is 5.91 Å². The second kappa shape index (κ2) is 9.63. The fourth-order valence-corrected chi connectivity index (χ4v) is 3.76. The molecule has 0 spiro atoms. The van der Waals surface area contributed by atoms with E-state index in [9.17, 15) is 14.3 Å². The molecule has 2 aromatic rings. The predicted molar refractivity (Wildman–Crippen MR) is 109 cm³/mol. The van der Waals surface area contributed by atoms with Crippen molar-refractivity contribution in [2.24, 2.45) is 0 Å². The van der Waals surface area contributed by atoms with Gasteiger partial charge in [0, 0.05) is 13.2 Å². The molecule has 2 aliphatic rings. The van der Waals surface area contributed by atoms with Gasteiger partial charge < -0.3 is 20.5 Å². The van der Waals surface area contributed by atoms with Crippen molar-refractivity contribution in [1.82, 2.24) is 15.6 Å². The van der Waals surface area contributed by atoms with Crippen molar-refractivity contribution in [1.29, 1.82) is 0 Å². The number of aliphatic hydroxyl groups is 1. The maximum atomic E-state index is 13.2. The lowest BCUT2D eigenvalue weighted by Crippen LogP contribution is -2.49. The van der Waals surface area contributed by atoms with Crippen LogP contribution in [0.4, 0.5) is 4.39 Å². The first kappa shape index (κ1) is 21.6. The minimum atomic E-state index is -0.615. The number of pyridine rings is 1.